The molecule has 0 amide bonds. The lowest BCUT2D eigenvalue weighted by Crippen LogP contribution is -2.08. The van der Waals surface area contributed by atoms with Gasteiger partial charge in [-0.2, -0.15) is 0 Å². The molecule has 21 heavy (non-hydrogen) atoms. The van der Waals surface area contributed by atoms with E-state index in [1.165, 1.54) is 12.3 Å². The Morgan fingerprint density at radius 1 is 1.52 bits per heavy atom. The molecule has 0 spiro atoms. The van der Waals surface area contributed by atoms with Gasteiger partial charge in [-0.15, -0.1) is 0 Å². The van der Waals surface area contributed by atoms with E-state index in [-0.39, 0.29) is 11.3 Å². The molecule has 1 aromatic heterocycles. The summed E-state index contributed by atoms with van der Waals surface area (Å²) in [6, 6.07) is 6.69. The highest BCUT2D eigenvalue weighted by Crippen LogP contribution is 2.27. The van der Waals surface area contributed by atoms with Gasteiger partial charge in [-0.25, -0.2) is 9.78 Å². The summed E-state index contributed by atoms with van der Waals surface area (Å²) in [5.41, 5.74) is 6.83. The molecule has 0 aliphatic rings. The second-order valence-corrected chi connectivity index (χ2v) is 4.65. The van der Waals surface area contributed by atoms with Crippen LogP contribution >= 0.6 is 11.6 Å². The summed E-state index contributed by atoms with van der Waals surface area (Å²) in [6.45, 7) is 0.354. The first kappa shape index (κ1) is 14.9. The summed E-state index contributed by atoms with van der Waals surface area (Å²) in [6.07, 6.45) is 1.24. The van der Waals surface area contributed by atoms with Crippen molar-refractivity contribution in [3.63, 3.8) is 0 Å². The molecule has 4 N–H and O–H groups in total. The first-order chi connectivity index (χ1) is 10.0. The quantitative estimate of drug-likeness (QED) is 0.785. The Hall–Kier alpha value is -2.47. The maximum absolute atomic E-state index is 10.8. The lowest BCUT2D eigenvalue weighted by molar-refractivity contribution is 0.0696. The number of rotatable bonds is 5. The van der Waals surface area contributed by atoms with Crippen molar-refractivity contribution >= 4 is 29.1 Å². The van der Waals surface area contributed by atoms with Crippen LogP contribution in [0, 0.1) is 0 Å². The summed E-state index contributed by atoms with van der Waals surface area (Å²) < 4.78 is 5.24. The number of nitrogens with two attached hydrogens (primary N) is 1. The van der Waals surface area contributed by atoms with Crippen molar-refractivity contribution in [2.75, 3.05) is 18.2 Å². The van der Waals surface area contributed by atoms with Crippen LogP contribution < -0.4 is 15.8 Å². The molecule has 0 saturated carbocycles. The fourth-order valence-corrected chi connectivity index (χ4v) is 2.05. The number of nitrogens with one attached hydrogen (secondary N) is 1. The van der Waals surface area contributed by atoms with E-state index in [0.717, 1.165) is 5.56 Å². The van der Waals surface area contributed by atoms with Gasteiger partial charge in [0, 0.05) is 23.3 Å². The van der Waals surface area contributed by atoms with Gasteiger partial charge in [0.25, 0.3) is 0 Å². The topological polar surface area (TPSA) is 97.5 Å². The van der Waals surface area contributed by atoms with Crippen LogP contribution in [-0.4, -0.2) is 23.2 Å². The smallest absolute Gasteiger partial charge is 0.337 e. The number of anilines is 2. The minimum absolute atomic E-state index is 0.0355. The van der Waals surface area contributed by atoms with Crippen LogP contribution in [0.25, 0.3) is 0 Å². The third kappa shape index (κ3) is 3.35. The molecular weight excluding hydrogens is 294 g/mol. The average Bonchev–Trinajstić information content (AvgIpc) is 2.46. The van der Waals surface area contributed by atoms with Crippen molar-refractivity contribution in [2.45, 2.75) is 6.54 Å². The first-order valence-corrected chi connectivity index (χ1v) is 6.44. The predicted octanol–water partition coefficient (Wildman–Crippen LogP) is 2.64. The predicted molar refractivity (Wildman–Crippen MR) is 80.9 cm³/mol. The molecule has 1 heterocycles. The molecule has 0 aliphatic heterocycles. The molecule has 6 nitrogen and oxygen atoms in total. The Morgan fingerprint density at radius 3 is 2.90 bits per heavy atom. The molecule has 0 radical (unpaired) electrons. The van der Waals surface area contributed by atoms with Gasteiger partial charge < -0.3 is 20.9 Å². The van der Waals surface area contributed by atoms with Crippen LogP contribution in [0.5, 0.6) is 5.75 Å². The van der Waals surface area contributed by atoms with E-state index in [2.05, 4.69) is 10.3 Å². The third-order valence-corrected chi connectivity index (χ3v) is 3.25. The third-order valence-electron chi connectivity index (χ3n) is 2.89. The number of hydrogen-bond donors (Lipinski definition) is 3. The monoisotopic (exact) mass is 307 g/mol. The number of hydrogen-bond acceptors (Lipinski definition) is 5. The lowest BCUT2D eigenvalue weighted by atomic mass is 10.2. The van der Waals surface area contributed by atoms with Crippen molar-refractivity contribution in [3.8, 4) is 5.75 Å². The zero-order valence-corrected chi connectivity index (χ0v) is 12.0. The zero-order chi connectivity index (χ0) is 15.4. The molecule has 1 aromatic carbocycles. The largest absolute Gasteiger partial charge is 0.496 e. The second-order valence-electron chi connectivity index (χ2n) is 4.24. The van der Waals surface area contributed by atoms with Crippen LogP contribution in [0.15, 0.2) is 30.5 Å². The SMILES string of the molecule is COc1cccc(Cl)c1CNc1ncc(C(=O)O)cc1N. The summed E-state index contributed by atoms with van der Waals surface area (Å²) >= 11 is 6.13. The number of benzene rings is 1. The minimum atomic E-state index is -1.08. The molecule has 0 aliphatic carbocycles. The summed E-state index contributed by atoms with van der Waals surface area (Å²) in [7, 11) is 1.56. The molecular formula is C14H14ClN3O3. The van der Waals surface area contributed by atoms with Gasteiger partial charge in [-0.3, -0.25) is 0 Å². The molecule has 2 rings (SSSR count). The number of ether oxygens (including phenoxy) is 1. The normalized spacial score (nSPS) is 10.2. The van der Waals surface area contributed by atoms with E-state index in [4.69, 9.17) is 27.2 Å². The highest BCUT2D eigenvalue weighted by atomic mass is 35.5. The van der Waals surface area contributed by atoms with Gasteiger partial charge in [-0.05, 0) is 18.2 Å². The van der Waals surface area contributed by atoms with Gasteiger partial charge in [0.1, 0.15) is 11.6 Å². The van der Waals surface area contributed by atoms with Crippen LogP contribution in [-0.2, 0) is 6.54 Å². The average molecular weight is 308 g/mol. The molecule has 0 unspecified atom stereocenters. The summed E-state index contributed by atoms with van der Waals surface area (Å²) in [5, 5.41) is 12.4. The minimum Gasteiger partial charge on any atom is -0.496 e. The molecule has 2 aromatic rings. The van der Waals surface area contributed by atoms with Gasteiger partial charge in [0.15, 0.2) is 0 Å². The zero-order valence-electron chi connectivity index (χ0n) is 11.3. The van der Waals surface area contributed by atoms with E-state index in [9.17, 15) is 4.79 Å². The molecule has 0 saturated heterocycles. The number of pyridine rings is 1. The summed E-state index contributed by atoms with van der Waals surface area (Å²) in [5.74, 6) is -0.0359. The number of carboxylic acid groups (broad SMARTS) is 1. The van der Waals surface area contributed by atoms with Crippen molar-refractivity contribution in [1.29, 1.82) is 0 Å². The molecule has 110 valence electrons. The highest BCUT2D eigenvalue weighted by molar-refractivity contribution is 6.31. The Morgan fingerprint density at radius 2 is 2.29 bits per heavy atom. The Labute approximate surface area is 126 Å². The van der Waals surface area contributed by atoms with E-state index in [1.807, 2.05) is 0 Å². The first-order valence-electron chi connectivity index (χ1n) is 6.07. The van der Waals surface area contributed by atoms with Crippen molar-refractivity contribution < 1.29 is 14.6 Å². The van der Waals surface area contributed by atoms with Crippen LogP contribution in [0.4, 0.5) is 11.5 Å². The van der Waals surface area contributed by atoms with E-state index in [0.29, 0.717) is 23.1 Å². The Bertz CT molecular complexity index is 677. The van der Waals surface area contributed by atoms with E-state index in [1.54, 1.807) is 25.3 Å². The molecule has 0 bridgehead atoms. The number of nitrogen functional groups attached to an aromatic ring is 1. The van der Waals surface area contributed by atoms with Crippen LogP contribution in [0.1, 0.15) is 15.9 Å². The van der Waals surface area contributed by atoms with Crippen LogP contribution in [0.3, 0.4) is 0 Å². The van der Waals surface area contributed by atoms with Crippen molar-refractivity contribution in [2.24, 2.45) is 0 Å². The van der Waals surface area contributed by atoms with E-state index < -0.39 is 5.97 Å². The second kappa shape index (κ2) is 6.32. The number of halogens is 1. The highest BCUT2D eigenvalue weighted by Gasteiger charge is 2.10. The number of aromatic nitrogens is 1. The summed E-state index contributed by atoms with van der Waals surface area (Å²) in [4.78, 5) is 14.8. The number of nitrogens with zero attached hydrogens (tertiary/aromatic N) is 1. The number of methoxy groups -OCH3 is 1. The number of carbonyl (C=O) groups is 1. The molecule has 7 heteroatoms. The maximum atomic E-state index is 10.8. The van der Waals surface area contributed by atoms with E-state index >= 15 is 0 Å². The van der Waals surface area contributed by atoms with Crippen LogP contribution in [0.2, 0.25) is 5.02 Å². The number of carboxylic acids is 1. The van der Waals surface area contributed by atoms with Gasteiger partial charge >= 0.3 is 5.97 Å². The fourth-order valence-electron chi connectivity index (χ4n) is 1.82. The number of aromatic carboxylic acids is 1. The standard InChI is InChI=1S/C14H14ClN3O3/c1-21-12-4-2-3-10(15)9(12)7-18-13-11(16)5-8(6-17-13)14(19)20/h2-6H,7,16H2,1H3,(H,17,18)(H,19,20). The van der Waals surface area contributed by atoms with Crippen molar-refractivity contribution in [1.82, 2.24) is 4.98 Å². The lowest BCUT2D eigenvalue weighted by Gasteiger charge is -2.13. The van der Waals surface area contributed by atoms with Gasteiger partial charge in [0.2, 0.25) is 0 Å². The van der Waals surface area contributed by atoms with Crippen molar-refractivity contribution in [3.05, 3.63) is 46.6 Å². The fraction of sp³-hybridized carbons (Fsp3) is 0.143. The Kier molecular flexibility index (Phi) is 4.49. The van der Waals surface area contributed by atoms with Gasteiger partial charge in [0.05, 0.1) is 18.4 Å². The van der Waals surface area contributed by atoms with Gasteiger partial charge in [-0.1, -0.05) is 17.7 Å². The maximum Gasteiger partial charge on any atom is 0.337 e. The molecule has 0 fully saturated rings. The Balaban J connectivity index is 2.19. The molecule has 0 atom stereocenters.